The van der Waals surface area contributed by atoms with E-state index < -0.39 is 23.3 Å². The fraction of sp³-hybridized carbons (Fsp3) is 0.350. The first-order valence-corrected chi connectivity index (χ1v) is 8.67. The first kappa shape index (κ1) is 17.9. The SMILES string of the molecule is CC(=O)C(Oc1ccccc1)(C(=O)O)C1CCN(c2ccncc2)CC1. The number of ketones is 1. The van der Waals surface area contributed by atoms with Gasteiger partial charge in [0.2, 0.25) is 0 Å². The monoisotopic (exact) mass is 354 g/mol. The molecule has 0 radical (unpaired) electrons. The number of aromatic nitrogens is 1. The van der Waals surface area contributed by atoms with Crippen LogP contribution >= 0.6 is 0 Å². The van der Waals surface area contributed by atoms with Crippen molar-refractivity contribution in [3.63, 3.8) is 0 Å². The predicted molar refractivity (Wildman–Crippen MR) is 97.3 cm³/mol. The minimum Gasteiger partial charge on any atom is -0.478 e. The molecule has 0 aliphatic carbocycles. The third kappa shape index (κ3) is 3.40. The summed E-state index contributed by atoms with van der Waals surface area (Å²) in [4.78, 5) is 30.8. The Hall–Kier alpha value is -2.89. The van der Waals surface area contributed by atoms with E-state index in [1.54, 1.807) is 36.7 Å². The maximum Gasteiger partial charge on any atom is 0.356 e. The largest absolute Gasteiger partial charge is 0.478 e. The van der Waals surface area contributed by atoms with E-state index in [0.29, 0.717) is 31.7 Å². The van der Waals surface area contributed by atoms with Crippen LogP contribution in [-0.4, -0.2) is 40.5 Å². The molecule has 136 valence electrons. The van der Waals surface area contributed by atoms with Crippen LogP contribution in [0.15, 0.2) is 54.9 Å². The Bertz CT molecular complexity index is 742. The van der Waals surface area contributed by atoms with Crippen molar-refractivity contribution in [3.05, 3.63) is 54.9 Å². The Kier molecular flexibility index (Phi) is 5.21. The Balaban J connectivity index is 1.82. The number of Topliss-reactive ketones (excluding diaryl/α,β-unsaturated/α-hetero) is 1. The number of carboxylic acids is 1. The number of anilines is 1. The molecular weight excluding hydrogens is 332 g/mol. The number of hydrogen-bond acceptors (Lipinski definition) is 5. The zero-order chi connectivity index (χ0) is 18.6. The molecule has 3 rings (SSSR count). The zero-order valence-corrected chi connectivity index (χ0v) is 14.7. The molecule has 2 heterocycles. The molecule has 1 N–H and O–H groups in total. The van der Waals surface area contributed by atoms with Crippen molar-refractivity contribution in [1.82, 2.24) is 4.98 Å². The van der Waals surface area contributed by atoms with Crippen LogP contribution in [-0.2, 0) is 9.59 Å². The van der Waals surface area contributed by atoms with Gasteiger partial charge in [0.1, 0.15) is 5.75 Å². The Morgan fingerprint density at radius 3 is 2.27 bits per heavy atom. The van der Waals surface area contributed by atoms with Gasteiger partial charge in [-0.3, -0.25) is 9.78 Å². The number of piperidine rings is 1. The second-order valence-corrected chi connectivity index (χ2v) is 6.48. The zero-order valence-electron chi connectivity index (χ0n) is 14.7. The van der Waals surface area contributed by atoms with Crippen LogP contribution in [0.25, 0.3) is 0 Å². The number of carbonyl (C=O) groups is 2. The molecule has 2 aromatic rings. The normalized spacial score (nSPS) is 17.3. The second-order valence-electron chi connectivity index (χ2n) is 6.48. The summed E-state index contributed by atoms with van der Waals surface area (Å²) in [5.41, 5.74) is -0.808. The third-order valence-electron chi connectivity index (χ3n) is 4.96. The Labute approximate surface area is 152 Å². The maximum absolute atomic E-state index is 12.4. The highest BCUT2D eigenvalue weighted by molar-refractivity contribution is 6.06. The van der Waals surface area contributed by atoms with Gasteiger partial charge in [-0.05, 0) is 44.0 Å². The first-order chi connectivity index (χ1) is 12.5. The summed E-state index contributed by atoms with van der Waals surface area (Å²) in [6.45, 7) is 2.62. The molecule has 6 nitrogen and oxygen atoms in total. The van der Waals surface area contributed by atoms with Crippen LogP contribution in [0.5, 0.6) is 5.75 Å². The Morgan fingerprint density at radius 1 is 1.12 bits per heavy atom. The quantitative estimate of drug-likeness (QED) is 0.804. The fourth-order valence-electron chi connectivity index (χ4n) is 3.59. The van der Waals surface area contributed by atoms with E-state index in [1.165, 1.54) is 6.92 Å². The van der Waals surface area contributed by atoms with Crippen molar-refractivity contribution in [2.24, 2.45) is 5.92 Å². The van der Waals surface area contributed by atoms with Crippen LogP contribution in [0.2, 0.25) is 0 Å². The van der Waals surface area contributed by atoms with E-state index in [-0.39, 0.29) is 0 Å². The van der Waals surface area contributed by atoms with E-state index in [0.717, 1.165) is 5.69 Å². The number of carboxylic acid groups (broad SMARTS) is 1. The molecule has 0 amide bonds. The molecule has 1 atom stereocenters. The number of aliphatic carboxylic acids is 1. The van der Waals surface area contributed by atoms with E-state index in [2.05, 4.69) is 9.88 Å². The number of hydrogen-bond donors (Lipinski definition) is 1. The molecule has 0 saturated carbocycles. The lowest BCUT2D eigenvalue weighted by Crippen LogP contribution is -2.59. The highest BCUT2D eigenvalue weighted by Gasteiger charge is 2.53. The van der Waals surface area contributed by atoms with Crippen molar-refractivity contribution in [2.45, 2.75) is 25.4 Å². The summed E-state index contributed by atoms with van der Waals surface area (Å²) in [6, 6.07) is 12.5. The van der Waals surface area contributed by atoms with Crippen molar-refractivity contribution >= 4 is 17.4 Å². The van der Waals surface area contributed by atoms with Gasteiger partial charge in [-0.25, -0.2) is 4.79 Å². The summed E-state index contributed by atoms with van der Waals surface area (Å²) in [5, 5.41) is 9.92. The van der Waals surface area contributed by atoms with Gasteiger partial charge >= 0.3 is 5.97 Å². The third-order valence-corrected chi connectivity index (χ3v) is 4.96. The molecular formula is C20H22N2O4. The highest BCUT2D eigenvalue weighted by atomic mass is 16.5. The molecule has 6 heteroatoms. The van der Waals surface area contributed by atoms with Crippen LogP contribution < -0.4 is 9.64 Å². The minimum atomic E-state index is -1.86. The molecule has 0 spiro atoms. The van der Waals surface area contributed by atoms with E-state index in [1.807, 2.05) is 18.2 Å². The van der Waals surface area contributed by atoms with Gasteiger partial charge in [0.15, 0.2) is 5.78 Å². The molecule has 1 aliphatic heterocycles. The number of nitrogens with zero attached hydrogens (tertiary/aromatic N) is 2. The summed E-state index contributed by atoms with van der Waals surface area (Å²) in [7, 11) is 0. The summed E-state index contributed by atoms with van der Waals surface area (Å²) < 4.78 is 5.83. The van der Waals surface area contributed by atoms with Crippen molar-refractivity contribution in [2.75, 3.05) is 18.0 Å². The summed E-state index contributed by atoms with van der Waals surface area (Å²) in [6.07, 6.45) is 4.58. The molecule has 1 aromatic heterocycles. The first-order valence-electron chi connectivity index (χ1n) is 8.67. The average molecular weight is 354 g/mol. The lowest BCUT2D eigenvalue weighted by molar-refractivity contribution is -0.167. The van der Waals surface area contributed by atoms with Crippen molar-refractivity contribution in [3.8, 4) is 5.75 Å². The molecule has 0 bridgehead atoms. The number of rotatable bonds is 6. The molecule has 26 heavy (non-hydrogen) atoms. The van der Waals surface area contributed by atoms with Gasteiger partial charge < -0.3 is 14.7 Å². The molecule has 1 aliphatic rings. The average Bonchev–Trinajstić information content (AvgIpc) is 2.67. The number of para-hydroxylation sites is 1. The smallest absolute Gasteiger partial charge is 0.356 e. The summed E-state index contributed by atoms with van der Waals surface area (Å²) in [5.74, 6) is -1.70. The van der Waals surface area contributed by atoms with Gasteiger partial charge in [-0.1, -0.05) is 18.2 Å². The van der Waals surface area contributed by atoms with Gasteiger partial charge in [0.25, 0.3) is 5.60 Å². The van der Waals surface area contributed by atoms with Gasteiger partial charge in [-0.15, -0.1) is 0 Å². The number of carbonyl (C=O) groups excluding carboxylic acids is 1. The van der Waals surface area contributed by atoms with E-state index in [4.69, 9.17) is 4.74 Å². The summed E-state index contributed by atoms with van der Waals surface area (Å²) >= 11 is 0. The molecule has 1 saturated heterocycles. The topological polar surface area (TPSA) is 79.7 Å². The standard InChI is InChI=1S/C20H22N2O4/c1-15(23)20(19(24)25,26-18-5-3-2-4-6-18)16-9-13-22(14-10-16)17-7-11-21-12-8-17/h2-8,11-12,16H,9-10,13-14H2,1H3,(H,24,25). The molecule has 1 aromatic carbocycles. The van der Waals surface area contributed by atoms with Crippen LogP contribution in [0.1, 0.15) is 19.8 Å². The maximum atomic E-state index is 12.4. The highest BCUT2D eigenvalue weighted by Crippen LogP contribution is 2.35. The van der Waals surface area contributed by atoms with Crippen molar-refractivity contribution < 1.29 is 19.4 Å². The minimum absolute atomic E-state index is 0.390. The number of pyridine rings is 1. The van der Waals surface area contributed by atoms with Gasteiger partial charge in [0.05, 0.1) is 0 Å². The lowest BCUT2D eigenvalue weighted by Gasteiger charge is -2.41. The number of benzene rings is 1. The second kappa shape index (κ2) is 7.56. The van der Waals surface area contributed by atoms with Crippen LogP contribution in [0, 0.1) is 5.92 Å². The van der Waals surface area contributed by atoms with E-state index in [9.17, 15) is 14.7 Å². The predicted octanol–water partition coefficient (Wildman–Crippen LogP) is 2.79. The molecule has 1 unspecified atom stereocenters. The Morgan fingerprint density at radius 2 is 1.73 bits per heavy atom. The lowest BCUT2D eigenvalue weighted by atomic mass is 9.77. The van der Waals surface area contributed by atoms with Gasteiger partial charge in [0, 0.05) is 37.1 Å². The number of ether oxygens (including phenoxy) is 1. The van der Waals surface area contributed by atoms with Gasteiger partial charge in [-0.2, -0.15) is 0 Å². The molecule has 1 fully saturated rings. The van der Waals surface area contributed by atoms with Crippen LogP contribution in [0.4, 0.5) is 5.69 Å². The van der Waals surface area contributed by atoms with Crippen LogP contribution in [0.3, 0.4) is 0 Å². The fourth-order valence-corrected chi connectivity index (χ4v) is 3.59. The van der Waals surface area contributed by atoms with Crippen molar-refractivity contribution in [1.29, 1.82) is 0 Å². The van der Waals surface area contributed by atoms with E-state index >= 15 is 0 Å².